The van der Waals surface area contributed by atoms with Gasteiger partial charge in [0.25, 0.3) is 15.9 Å². The standard InChI is InChI=1S/C25H25ClN2O6S/c1-16(20-14-18(32-2)10-13-22(20)33-3)27-25(29)24-15-28(21-6-4-5-7-23(21)34-24)35(30,31)19-11-8-17(26)9-12-19/h4-14,16,24H,15H2,1-3H3,(H,27,29). The molecule has 1 N–H and O–H groups in total. The van der Waals surface area contributed by atoms with Crippen molar-refractivity contribution in [3.8, 4) is 17.2 Å². The molecule has 0 aromatic heterocycles. The molecule has 184 valence electrons. The van der Waals surface area contributed by atoms with Crippen LogP contribution in [0.15, 0.2) is 71.6 Å². The number of hydrogen-bond donors (Lipinski definition) is 1. The molecule has 2 atom stereocenters. The van der Waals surface area contributed by atoms with Gasteiger partial charge in [0, 0.05) is 10.6 Å². The Morgan fingerprint density at radius 3 is 2.49 bits per heavy atom. The van der Waals surface area contributed by atoms with E-state index in [1.165, 1.54) is 28.6 Å². The fraction of sp³-hybridized carbons (Fsp3) is 0.240. The minimum atomic E-state index is -3.98. The Bertz CT molecular complexity index is 1330. The number of hydrogen-bond acceptors (Lipinski definition) is 6. The van der Waals surface area contributed by atoms with Crippen LogP contribution in [0, 0.1) is 0 Å². The Morgan fingerprint density at radius 2 is 1.80 bits per heavy atom. The number of sulfonamides is 1. The molecule has 0 aliphatic carbocycles. The number of para-hydroxylation sites is 2. The Morgan fingerprint density at radius 1 is 1.09 bits per heavy atom. The van der Waals surface area contributed by atoms with Gasteiger partial charge in [-0.1, -0.05) is 23.7 Å². The summed E-state index contributed by atoms with van der Waals surface area (Å²) in [5, 5.41) is 3.33. The lowest BCUT2D eigenvalue weighted by molar-refractivity contribution is -0.128. The molecule has 2 unspecified atom stereocenters. The van der Waals surface area contributed by atoms with Crippen molar-refractivity contribution in [2.45, 2.75) is 24.0 Å². The van der Waals surface area contributed by atoms with Crippen molar-refractivity contribution >= 4 is 33.2 Å². The predicted octanol–water partition coefficient (Wildman–Crippen LogP) is 4.19. The van der Waals surface area contributed by atoms with Crippen molar-refractivity contribution in [1.29, 1.82) is 0 Å². The summed E-state index contributed by atoms with van der Waals surface area (Å²) in [5.41, 5.74) is 1.07. The van der Waals surface area contributed by atoms with Crippen LogP contribution in [-0.4, -0.2) is 41.2 Å². The first kappa shape index (κ1) is 24.7. The average Bonchev–Trinajstić information content (AvgIpc) is 2.87. The predicted molar refractivity (Wildman–Crippen MR) is 133 cm³/mol. The van der Waals surface area contributed by atoms with Gasteiger partial charge in [-0.05, 0) is 61.5 Å². The molecule has 4 rings (SSSR count). The number of fused-ring (bicyclic) bond motifs is 1. The largest absolute Gasteiger partial charge is 0.497 e. The van der Waals surface area contributed by atoms with Crippen LogP contribution >= 0.6 is 11.6 Å². The zero-order valence-electron chi connectivity index (χ0n) is 19.4. The van der Waals surface area contributed by atoms with Gasteiger partial charge in [-0.25, -0.2) is 8.42 Å². The van der Waals surface area contributed by atoms with E-state index in [2.05, 4.69) is 5.32 Å². The highest BCUT2D eigenvalue weighted by molar-refractivity contribution is 7.92. The summed E-state index contributed by atoms with van der Waals surface area (Å²) in [6.07, 6.45) is -1.08. The molecule has 1 aliphatic heterocycles. The highest BCUT2D eigenvalue weighted by atomic mass is 35.5. The topological polar surface area (TPSA) is 94.2 Å². The summed E-state index contributed by atoms with van der Waals surface area (Å²) in [4.78, 5) is 13.3. The van der Waals surface area contributed by atoms with Crippen molar-refractivity contribution < 1.29 is 27.4 Å². The molecule has 1 aliphatic rings. The van der Waals surface area contributed by atoms with Crippen molar-refractivity contribution in [1.82, 2.24) is 5.32 Å². The van der Waals surface area contributed by atoms with Gasteiger partial charge in [-0.2, -0.15) is 0 Å². The number of halogens is 1. The third-order valence-corrected chi connectivity index (χ3v) is 7.74. The summed E-state index contributed by atoms with van der Waals surface area (Å²) in [7, 11) is -0.885. The molecule has 1 heterocycles. The van der Waals surface area contributed by atoms with Crippen LogP contribution in [0.4, 0.5) is 5.69 Å². The molecular formula is C25H25ClN2O6S. The Kier molecular flexibility index (Phi) is 7.09. The molecular weight excluding hydrogens is 492 g/mol. The van der Waals surface area contributed by atoms with E-state index in [1.807, 2.05) is 0 Å². The summed E-state index contributed by atoms with van der Waals surface area (Å²) < 4.78 is 44.8. The van der Waals surface area contributed by atoms with E-state index in [4.69, 9.17) is 25.8 Å². The number of nitrogens with one attached hydrogen (secondary N) is 1. The zero-order chi connectivity index (χ0) is 25.2. The number of nitrogens with zero attached hydrogens (tertiary/aromatic N) is 1. The van der Waals surface area contributed by atoms with Gasteiger partial charge in [0.05, 0.1) is 37.4 Å². The molecule has 10 heteroatoms. The molecule has 3 aromatic carbocycles. The number of amides is 1. The number of ether oxygens (including phenoxy) is 3. The molecule has 0 spiro atoms. The van der Waals surface area contributed by atoms with E-state index < -0.39 is 28.1 Å². The first-order valence-electron chi connectivity index (χ1n) is 10.8. The van der Waals surface area contributed by atoms with Crippen LogP contribution in [0.5, 0.6) is 17.2 Å². The maximum atomic E-state index is 13.5. The van der Waals surface area contributed by atoms with Gasteiger partial charge >= 0.3 is 0 Å². The van der Waals surface area contributed by atoms with Crippen LogP contribution in [0.2, 0.25) is 5.02 Å². The Hall–Kier alpha value is -3.43. The second-order valence-electron chi connectivity index (χ2n) is 7.90. The van der Waals surface area contributed by atoms with E-state index in [0.717, 1.165) is 0 Å². The van der Waals surface area contributed by atoms with Crippen LogP contribution < -0.4 is 23.8 Å². The third kappa shape index (κ3) is 5.01. The smallest absolute Gasteiger partial charge is 0.264 e. The van der Waals surface area contributed by atoms with E-state index in [9.17, 15) is 13.2 Å². The molecule has 8 nitrogen and oxygen atoms in total. The van der Waals surface area contributed by atoms with E-state index in [0.29, 0.717) is 33.5 Å². The first-order chi connectivity index (χ1) is 16.7. The monoisotopic (exact) mass is 516 g/mol. The van der Waals surface area contributed by atoms with Crippen LogP contribution in [-0.2, 0) is 14.8 Å². The molecule has 0 radical (unpaired) electrons. The Labute approximate surface area is 209 Å². The lowest BCUT2D eigenvalue weighted by atomic mass is 10.1. The van der Waals surface area contributed by atoms with Crippen molar-refractivity contribution in [2.24, 2.45) is 0 Å². The molecule has 0 saturated heterocycles. The second-order valence-corrected chi connectivity index (χ2v) is 10.2. The highest BCUT2D eigenvalue weighted by Gasteiger charge is 2.38. The van der Waals surface area contributed by atoms with Crippen molar-refractivity contribution in [2.75, 3.05) is 25.1 Å². The number of benzene rings is 3. The number of rotatable bonds is 7. The second kappa shape index (κ2) is 10.1. The summed E-state index contributed by atoms with van der Waals surface area (Å²) >= 11 is 5.93. The maximum absolute atomic E-state index is 13.5. The molecule has 0 saturated carbocycles. The third-order valence-electron chi connectivity index (χ3n) is 5.69. The van der Waals surface area contributed by atoms with Gasteiger partial charge in [0.2, 0.25) is 0 Å². The first-order valence-corrected chi connectivity index (χ1v) is 12.6. The van der Waals surface area contributed by atoms with E-state index in [1.54, 1.807) is 63.6 Å². The lowest BCUT2D eigenvalue weighted by Crippen LogP contribution is -2.51. The van der Waals surface area contributed by atoms with Gasteiger partial charge in [0.1, 0.15) is 17.2 Å². The van der Waals surface area contributed by atoms with Crippen molar-refractivity contribution in [3.63, 3.8) is 0 Å². The number of anilines is 1. The lowest BCUT2D eigenvalue weighted by Gasteiger charge is -2.35. The molecule has 0 fully saturated rings. The van der Waals surface area contributed by atoms with Gasteiger partial charge in [-0.3, -0.25) is 9.10 Å². The minimum absolute atomic E-state index is 0.0623. The van der Waals surface area contributed by atoms with Gasteiger partial charge < -0.3 is 19.5 Å². The number of methoxy groups -OCH3 is 2. The minimum Gasteiger partial charge on any atom is -0.497 e. The molecule has 3 aromatic rings. The SMILES string of the molecule is COc1ccc(OC)c(C(C)NC(=O)C2CN(S(=O)(=O)c3ccc(Cl)cc3)c3ccccc3O2)c1. The van der Waals surface area contributed by atoms with Crippen LogP contribution in [0.3, 0.4) is 0 Å². The fourth-order valence-electron chi connectivity index (χ4n) is 3.86. The average molecular weight is 517 g/mol. The van der Waals surface area contributed by atoms with Gasteiger partial charge in [-0.15, -0.1) is 0 Å². The zero-order valence-corrected chi connectivity index (χ0v) is 21.0. The van der Waals surface area contributed by atoms with Crippen molar-refractivity contribution in [3.05, 3.63) is 77.3 Å². The summed E-state index contributed by atoms with van der Waals surface area (Å²) in [5.74, 6) is 1.03. The normalized spacial score (nSPS) is 16.0. The molecule has 35 heavy (non-hydrogen) atoms. The fourth-order valence-corrected chi connectivity index (χ4v) is 5.46. The molecule has 1 amide bonds. The quantitative estimate of drug-likeness (QED) is 0.506. The highest BCUT2D eigenvalue weighted by Crippen LogP contribution is 2.37. The number of carbonyl (C=O) groups excluding carboxylic acids is 1. The van der Waals surface area contributed by atoms with Gasteiger partial charge in [0.15, 0.2) is 6.10 Å². The van der Waals surface area contributed by atoms with Crippen LogP contribution in [0.1, 0.15) is 18.5 Å². The maximum Gasteiger partial charge on any atom is 0.264 e. The van der Waals surface area contributed by atoms with E-state index >= 15 is 0 Å². The van der Waals surface area contributed by atoms with Crippen LogP contribution in [0.25, 0.3) is 0 Å². The Balaban J connectivity index is 1.62. The summed E-state index contributed by atoms with van der Waals surface area (Å²) in [6.45, 7) is 1.60. The van der Waals surface area contributed by atoms with E-state index in [-0.39, 0.29) is 11.4 Å². The summed E-state index contributed by atoms with van der Waals surface area (Å²) in [6, 6.07) is 17.4. The number of carbonyl (C=O) groups is 1. The molecule has 0 bridgehead atoms.